The molecule has 162 valence electrons. The Morgan fingerprint density at radius 1 is 0.968 bits per heavy atom. The van der Waals surface area contributed by atoms with Gasteiger partial charge in [-0.25, -0.2) is 4.79 Å². The van der Waals surface area contributed by atoms with E-state index in [-0.39, 0.29) is 29.2 Å². The highest BCUT2D eigenvalue weighted by atomic mass is 32.2. The number of carbonyl (C=O) groups excluding carboxylic acids is 2. The molecule has 5 rings (SSSR count). The third-order valence-corrected chi connectivity index (χ3v) is 8.19. The molecule has 4 nitrogen and oxygen atoms in total. The average Bonchev–Trinajstić information content (AvgIpc) is 3.09. The Labute approximate surface area is 188 Å². The van der Waals surface area contributed by atoms with Gasteiger partial charge < -0.3 is 9.64 Å². The predicted molar refractivity (Wildman–Crippen MR) is 124 cm³/mol. The monoisotopic (exact) mass is 435 g/mol. The van der Waals surface area contributed by atoms with E-state index in [0.29, 0.717) is 12.5 Å². The van der Waals surface area contributed by atoms with Gasteiger partial charge in [0.25, 0.3) is 0 Å². The van der Waals surface area contributed by atoms with Crippen LogP contribution in [-0.4, -0.2) is 40.6 Å². The quantitative estimate of drug-likeness (QED) is 0.604. The van der Waals surface area contributed by atoms with Crippen molar-refractivity contribution >= 4 is 23.0 Å². The van der Waals surface area contributed by atoms with Crippen LogP contribution in [-0.2, 0) is 9.53 Å². The van der Waals surface area contributed by atoms with Crippen molar-refractivity contribution in [3.05, 3.63) is 59.7 Å². The number of carbonyl (C=O) groups is 2. The zero-order valence-corrected chi connectivity index (χ0v) is 18.8. The second-order valence-corrected chi connectivity index (χ2v) is 10.3. The number of ether oxygens (including phenoxy) is 1. The number of amides is 1. The van der Waals surface area contributed by atoms with Crippen LogP contribution >= 0.6 is 11.8 Å². The lowest BCUT2D eigenvalue weighted by molar-refractivity contribution is -0.109. The summed E-state index contributed by atoms with van der Waals surface area (Å²) < 4.78 is 5.98. The van der Waals surface area contributed by atoms with Crippen LogP contribution in [0.5, 0.6) is 0 Å². The second kappa shape index (κ2) is 8.70. The summed E-state index contributed by atoms with van der Waals surface area (Å²) >= 11 is 1.43. The third-order valence-electron chi connectivity index (χ3n) is 7.14. The minimum atomic E-state index is -0.158. The molecule has 2 atom stereocenters. The number of nitrogens with zero attached hydrogens (tertiary/aromatic N) is 1. The van der Waals surface area contributed by atoms with Gasteiger partial charge in [0.1, 0.15) is 6.61 Å². The molecule has 2 heterocycles. The fourth-order valence-corrected chi connectivity index (χ4v) is 6.57. The molecule has 2 unspecified atom stereocenters. The average molecular weight is 436 g/mol. The molecule has 2 aliphatic heterocycles. The van der Waals surface area contributed by atoms with Crippen LogP contribution in [0.3, 0.4) is 0 Å². The molecular weight excluding hydrogens is 406 g/mol. The van der Waals surface area contributed by atoms with Gasteiger partial charge in [-0.05, 0) is 60.3 Å². The van der Waals surface area contributed by atoms with Crippen molar-refractivity contribution in [2.45, 2.75) is 57.0 Å². The minimum absolute atomic E-state index is 0.0979. The van der Waals surface area contributed by atoms with E-state index in [4.69, 9.17) is 4.74 Å². The molecule has 2 aromatic rings. The number of benzene rings is 2. The van der Waals surface area contributed by atoms with Gasteiger partial charge in [-0.3, -0.25) is 4.79 Å². The first kappa shape index (κ1) is 20.6. The molecule has 2 saturated heterocycles. The van der Waals surface area contributed by atoms with Gasteiger partial charge in [0.15, 0.2) is 5.12 Å². The number of piperidine rings is 2. The summed E-state index contributed by atoms with van der Waals surface area (Å²) in [7, 11) is 0. The highest BCUT2D eigenvalue weighted by Crippen LogP contribution is 2.45. The van der Waals surface area contributed by atoms with E-state index in [1.807, 2.05) is 4.90 Å². The van der Waals surface area contributed by atoms with Gasteiger partial charge in [-0.2, -0.15) is 0 Å². The van der Waals surface area contributed by atoms with Gasteiger partial charge in [-0.15, -0.1) is 0 Å². The molecule has 0 N–H and O–H groups in total. The SMILES string of the molecule is CC(=O)SCC1CC2CCCC(C1)N2C(=O)OCC1c2ccccc2-c2ccccc21. The number of hydrogen-bond donors (Lipinski definition) is 0. The van der Waals surface area contributed by atoms with Gasteiger partial charge in [-0.1, -0.05) is 60.3 Å². The second-order valence-electron chi connectivity index (χ2n) is 9.09. The molecule has 5 heteroatoms. The first-order valence-electron chi connectivity index (χ1n) is 11.4. The third kappa shape index (κ3) is 4.00. The number of rotatable bonds is 4. The molecule has 0 radical (unpaired) electrons. The summed E-state index contributed by atoms with van der Waals surface area (Å²) in [6.45, 7) is 2.02. The Bertz CT molecular complexity index is 931. The zero-order chi connectivity index (χ0) is 21.4. The van der Waals surface area contributed by atoms with Crippen molar-refractivity contribution in [2.24, 2.45) is 5.92 Å². The molecule has 2 aromatic carbocycles. The lowest BCUT2D eigenvalue weighted by Crippen LogP contribution is -2.55. The van der Waals surface area contributed by atoms with Gasteiger partial charge in [0.05, 0.1) is 0 Å². The van der Waals surface area contributed by atoms with Crippen molar-refractivity contribution in [3.8, 4) is 11.1 Å². The standard InChI is InChI=1S/C26H29NO3S/c1-17(28)31-16-18-13-19-7-6-8-20(14-18)27(19)26(29)30-15-25-23-11-4-2-9-21(23)22-10-3-5-12-24(22)25/h2-5,9-12,18-20,25H,6-8,13-16H2,1H3. The minimum Gasteiger partial charge on any atom is -0.448 e. The fraction of sp³-hybridized carbons (Fsp3) is 0.462. The smallest absolute Gasteiger partial charge is 0.410 e. The lowest BCUT2D eigenvalue weighted by atomic mass is 9.79. The molecule has 31 heavy (non-hydrogen) atoms. The molecule has 1 amide bonds. The van der Waals surface area contributed by atoms with Crippen molar-refractivity contribution in [3.63, 3.8) is 0 Å². The summed E-state index contributed by atoms with van der Waals surface area (Å²) in [6, 6.07) is 17.4. The number of fused-ring (bicyclic) bond motifs is 5. The summed E-state index contributed by atoms with van der Waals surface area (Å²) in [5.41, 5.74) is 4.99. The molecular formula is C26H29NO3S. The Morgan fingerprint density at radius 2 is 1.55 bits per heavy atom. The van der Waals surface area contributed by atoms with Gasteiger partial charge >= 0.3 is 6.09 Å². The van der Waals surface area contributed by atoms with Gasteiger partial charge in [0.2, 0.25) is 0 Å². The van der Waals surface area contributed by atoms with Crippen LogP contribution in [0.15, 0.2) is 48.5 Å². The predicted octanol–water partition coefficient (Wildman–Crippen LogP) is 5.85. The lowest BCUT2D eigenvalue weighted by Gasteiger charge is -2.48. The zero-order valence-electron chi connectivity index (χ0n) is 18.0. The van der Waals surface area contributed by atoms with Crippen LogP contribution in [0.1, 0.15) is 56.1 Å². The Kier molecular flexibility index (Phi) is 5.79. The van der Waals surface area contributed by atoms with Crippen LogP contribution in [0, 0.1) is 5.92 Å². The van der Waals surface area contributed by atoms with Crippen LogP contribution in [0.2, 0.25) is 0 Å². The first-order chi connectivity index (χ1) is 15.1. The van der Waals surface area contributed by atoms with E-state index in [2.05, 4.69) is 48.5 Å². The molecule has 0 spiro atoms. The van der Waals surface area contributed by atoms with E-state index in [9.17, 15) is 9.59 Å². The van der Waals surface area contributed by atoms with Crippen LogP contribution < -0.4 is 0 Å². The largest absolute Gasteiger partial charge is 0.448 e. The topological polar surface area (TPSA) is 46.6 Å². The molecule has 2 fully saturated rings. The van der Waals surface area contributed by atoms with E-state index >= 15 is 0 Å². The van der Waals surface area contributed by atoms with E-state index in [1.165, 1.54) is 40.4 Å². The first-order valence-corrected chi connectivity index (χ1v) is 12.4. The molecule has 1 aliphatic carbocycles. The van der Waals surface area contributed by atoms with E-state index in [1.54, 1.807) is 6.92 Å². The maximum Gasteiger partial charge on any atom is 0.410 e. The van der Waals surface area contributed by atoms with Crippen LogP contribution in [0.4, 0.5) is 4.79 Å². The highest BCUT2D eigenvalue weighted by Gasteiger charge is 2.42. The maximum atomic E-state index is 13.2. The van der Waals surface area contributed by atoms with Crippen molar-refractivity contribution in [2.75, 3.05) is 12.4 Å². The Hall–Kier alpha value is -2.27. The van der Waals surface area contributed by atoms with Crippen molar-refractivity contribution in [1.82, 2.24) is 4.90 Å². The van der Waals surface area contributed by atoms with E-state index < -0.39 is 0 Å². The molecule has 2 bridgehead atoms. The van der Waals surface area contributed by atoms with Crippen molar-refractivity contribution < 1.29 is 14.3 Å². The molecule has 0 aromatic heterocycles. The summed E-state index contributed by atoms with van der Waals surface area (Å²) in [5.74, 6) is 1.49. The summed E-state index contributed by atoms with van der Waals surface area (Å²) in [5, 5.41) is 0.184. The van der Waals surface area contributed by atoms with Gasteiger partial charge in [0, 0.05) is 30.7 Å². The summed E-state index contributed by atoms with van der Waals surface area (Å²) in [6.07, 6.45) is 5.08. The summed E-state index contributed by atoms with van der Waals surface area (Å²) in [4.78, 5) is 26.6. The Balaban J connectivity index is 1.28. The molecule has 3 aliphatic rings. The van der Waals surface area contributed by atoms with E-state index in [0.717, 1.165) is 31.4 Å². The highest BCUT2D eigenvalue weighted by molar-refractivity contribution is 8.13. The number of hydrogen-bond acceptors (Lipinski definition) is 4. The number of thioether (sulfide) groups is 1. The van der Waals surface area contributed by atoms with Crippen molar-refractivity contribution in [1.29, 1.82) is 0 Å². The van der Waals surface area contributed by atoms with Crippen LogP contribution in [0.25, 0.3) is 11.1 Å². The maximum absolute atomic E-state index is 13.2. The Morgan fingerprint density at radius 3 is 2.13 bits per heavy atom. The molecule has 0 saturated carbocycles. The fourth-order valence-electron chi connectivity index (χ4n) is 5.83. The normalized spacial score (nSPS) is 24.4.